The third-order valence-electron chi connectivity index (χ3n) is 10.8. The zero-order chi connectivity index (χ0) is 37.3. The molecule has 264 valence electrons. The van der Waals surface area contributed by atoms with Gasteiger partial charge in [0.1, 0.15) is 0 Å². The van der Waals surface area contributed by atoms with Crippen LogP contribution in [0.5, 0.6) is 0 Å². The fourth-order valence-electron chi connectivity index (χ4n) is 8.10. The van der Waals surface area contributed by atoms with Crippen LogP contribution in [0.2, 0.25) is 0 Å². The standard InChI is InChI=1S/C54H38N2/c1-5-15-39(16-6-1)42-27-32-47(33-28-42)55(48-34-29-43(30-35-48)40-17-7-2-8-18-40)49-24-13-21-45(37-49)50-25-14-26-52-54(50)51-36-31-44(41-19-9-3-10-20-41)38-53(51)56(52)46-22-11-4-12-23-46/h1-38H. The Balaban J connectivity index is 1.13. The van der Waals surface area contributed by atoms with E-state index in [2.05, 4.69) is 240 Å². The Morgan fingerprint density at radius 3 is 1.32 bits per heavy atom. The predicted molar refractivity (Wildman–Crippen MR) is 237 cm³/mol. The number of para-hydroxylation sites is 1. The summed E-state index contributed by atoms with van der Waals surface area (Å²) >= 11 is 0. The molecule has 0 unspecified atom stereocenters. The summed E-state index contributed by atoms with van der Waals surface area (Å²) in [4.78, 5) is 2.37. The van der Waals surface area contributed by atoms with Crippen molar-refractivity contribution in [1.82, 2.24) is 4.57 Å². The molecule has 0 bridgehead atoms. The van der Waals surface area contributed by atoms with Gasteiger partial charge in [0.2, 0.25) is 0 Å². The van der Waals surface area contributed by atoms with Crippen LogP contribution >= 0.6 is 0 Å². The zero-order valence-electron chi connectivity index (χ0n) is 30.8. The summed E-state index contributed by atoms with van der Waals surface area (Å²) < 4.78 is 2.42. The number of fused-ring (bicyclic) bond motifs is 3. The van der Waals surface area contributed by atoms with Crippen LogP contribution in [0.3, 0.4) is 0 Å². The zero-order valence-corrected chi connectivity index (χ0v) is 30.8. The van der Waals surface area contributed by atoms with E-state index in [1.807, 2.05) is 0 Å². The molecule has 10 rings (SSSR count). The van der Waals surface area contributed by atoms with Crippen LogP contribution < -0.4 is 4.90 Å². The number of nitrogens with zero attached hydrogens (tertiary/aromatic N) is 2. The van der Waals surface area contributed by atoms with Crippen LogP contribution in [0, 0.1) is 0 Å². The number of anilines is 3. The molecule has 1 aromatic heterocycles. The van der Waals surface area contributed by atoms with Crippen molar-refractivity contribution in [2.45, 2.75) is 0 Å². The van der Waals surface area contributed by atoms with E-state index in [4.69, 9.17) is 0 Å². The van der Waals surface area contributed by atoms with Crippen molar-refractivity contribution in [3.63, 3.8) is 0 Å². The first-order valence-corrected chi connectivity index (χ1v) is 19.2. The largest absolute Gasteiger partial charge is 0.310 e. The topological polar surface area (TPSA) is 8.17 Å². The van der Waals surface area contributed by atoms with E-state index >= 15 is 0 Å². The second-order valence-electron chi connectivity index (χ2n) is 14.2. The number of rotatable bonds is 8. The lowest BCUT2D eigenvalue weighted by atomic mass is 9.97. The van der Waals surface area contributed by atoms with Crippen molar-refractivity contribution in [2.75, 3.05) is 4.90 Å². The van der Waals surface area contributed by atoms with Gasteiger partial charge in [-0.1, -0.05) is 170 Å². The summed E-state index contributed by atoms with van der Waals surface area (Å²) in [6.07, 6.45) is 0. The molecule has 0 radical (unpaired) electrons. The van der Waals surface area contributed by atoms with Gasteiger partial charge in [-0.3, -0.25) is 0 Å². The Morgan fingerprint density at radius 1 is 0.286 bits per heavy atom. The molecule has 0 amide bonds. The summed E-state index contributed by atoms with van der Waals surface area (Å²) in [5.41, 5.74) is 16.4. The molecule has 2 heteroatoms. The normalized spacial score (nSPS) is 11.2. The molecule has 0 saturated carbocycles. The van der Waals surface area contributed by atoms with Gasteiger partial charge in [-0.25, -0.2) is 0 Å². The van der Waals surface area contributed by atoms with E-state index < -0.39 is 0 Å². The van der Waals surface area contributed by atoms with E-state index in [1.165, 1.54) is 66.3 Å². The number of benzene rings is 9. The van der Waals surface area contributed by atoms with E-state index in [0.717, 1.165) is 22.7 Å². The van der Waals surface area contributed by atoms with Crippen molar-refractivity contribution >= 4 is 38.9 Å². The fourth-order valence-corrected chi connectivity index (χ4v) is 8.10. The van der Waals surface area contributed by atoms with Gasteiger partial charge in [0, 0.05) is 33.5 Å². The Morgan fingerprint density at radius 2 is 0.750 bits per heavy atom. The highest BCUT2D eigenvalue weighted by atomic mass is 15.1. The van der Waals surface area contributed by atoms with Gasteiger partial charge in [-0.15, -0.1) is 0 Å². The first-order valence-electron chi connectivity index (χ1n) is 19.2. The van der Waals surface area contributed by atoms with Crippen molar-refractivity contribution < 1.29 is 0 Å². The molecule has 10 aromatic rings. The molecule has 0 N–H and O–H groups in total. The molecular weight excluding hydrogens is 677 g/mol. The summed E-state index contributed by atoms with van der Waals surface area (Å²) in [7, 11) is 0. The highest BCUT2D eigenvalue weighted by Gasteiger charge is 2.19. The van der Waals surface area contributed by atoms with Crippen molar-refractivity contribution in [3.8, 4) is 50.2 Å². The Bertz CT molecular complexity index is 2830. The SMILES string of the molecule is c1ccc(-c2ccc(N(c3ccc(-c4ccccc4)cc3)c3cccc(-c4cccc5c4c4ccc(-c6ccccc6)cc4n5-c4ccccc4)c3)cc2)cc1. The van der Waals surface area contributed by atoms with E-state index in [1.54, 1.807) is 0 Å². The smallest absolute Gasteiger partial charge is 0.0547 e. The highest BCUT2D eigenvalue weighted by molar-refractivity contribution is 6.16. The van der Waals surface area contributed by atoms with E-state index in [-0.39, 0.29) is 0 Å². The average Bonchev–Trinajstić information content (AvgIpc) is 3.62. The molecule has 56 heavy (non-hydrogen) atoms. The van der Waals surface area contributed by atoms with Gasteiger partial charge in [0.15, 0.2) is 0 Å². The maximum absolute atomic E-state index is 2.42. The molecule has 1 heterocycles. The van der Waals surface area contributed by atoms with Crippen molar-refractivity contribution in [3.05, 3.63) is 231 Å². The predicted octanol–water partition coefficient (Wildman–Crippen LogP) is 14.9. The lowest BCUT2D eigenvalue weighted by Gasteiger charge is -2.26. The number of hydrogen-bond acceptors (Lipinski definition) is 1. The van der Waals surface area contributed by atoms with Crippen LogP contribution in [0.15, 0.2) is 231 Å². The van der Waals surface area contributed by atoms with Crippen molar-refractivity contribution in [2.24, 2.45) is 0 Å². The maximum Gasteiger partial charge on any atom is 0.0547 e. The molecule has 0 atom stereocenters. The Kier molecular flexibility index (Phi) is 8.55. The third-order valence-corrected chi connectivity index (χ3v) is 10.8. The lowest BCUT2D eigenvalue weighted by Crippen LogP contribution is -2.10. The van der Waals surface area contributed by atoms with Gasteiger partial charge in [-0.05, 0) is 105 Å². The minimum Gasteiger partial charge on any atom is -0.310 e. The molecule has 9 aromatic carbocycles. The Labute approximate surface area is 327 Å². The Hall–Kier alpha value is -7.42. The number of aromatic nitrogens is 1. The molecule has 0 spiro atoms. The molecule has 0 aliphatic carbocycles. The van der Waals surface area contributed by atoms with Gasteiger partial charge in [-0.2, -0.15) is 0 Å². The van der Waals surface area contributed by atoms with Gasteiger partial charge in [0.25, 0.3) is 0 Å². The third kappa shape index (κ3) is 6.14. The molecule has 2 nitrogen and oxygen atoms in total. The van der Waals surface area contributed by atoms with Crippen LogP contribution in [0.25, 0.3) is 72.0 Å². The summed E-state index contributed by atoms with van der Waals surface area (Å²) in [5.74, 6) is 0. The second-order valence-corrected chi connectivity index (χ2v) is 14.2. The maximum atomic E-state index is 2.42. The monoisotopic (exact) mass is 714 g/mol. The highest BCUT2D eigenvalue weighted by Crippen LogP contribution is 2.43. The van der Waals surface area contributed by atoms with Crippen LogP contribution in [0.1, 0.15) is 0 Å². The average molecular weight is 715 g/mol. The second kappa shape index (κ2) is 14.4. The minimum absolute atomic E-state index is 1.09. The van der Waals surface area contributed by atoms with E-state index in [9.17, 15) is 0 Å². The first kappa shape index (κ1) is 33.2. The van der Waals surface area contributed by atoms with Gasteiger partial charge >= 0.3 is 0 Å². The summed E-state index contributed by atoms with van der Waals surface area (Å²) in [6, 6.07) is 83.0. The molecule has 0 saturated heterocycles. The van der Waals surface area contributed by atoms with Crippen LogP contribution in [-0.4, -0.2) is 4.57 Å². The van der Waals surface area contributed by atoms with Crippen LogP contribution in [0.4, 0.5) is 17.1 Å². The van der Waals surface area contributed by atoms with Crippen molar-refractivity contribution in [1.29, 1.82) is 0 Å². The molecule has 0 fully saturated rings. The number of hydrogen-bond donors (Lipinski definition) is 0. The molecule has 0 aliphatic rings. The fraction of sp³-hybridized carbons (Fsp3) is 0. The van der Waals surface area contributed by atoms with Gasteiger partial charge < -0.3 is 9.47 Å². The summed E-state index contributed by atoms with van der Waals surface area (Å²) in [6.45, 7) is 0. The van der Waals surface area contributed by atoms with E-state index in [0.29, 0.717) is 0 Å². The quantitative estimate of drug-likeness (QED) is 0.152. The van der Waals surface area contributed by atoms with Crippen LogP contribution in [-0.2, 0) is 0 Å². The summed E-state index contributed by atoms with van der Waals surface area (Å²) in [5, 5.41) is 2.48. The lowest BCUT2D eigenvalue weighted by molar-refractivity contribution is 1.18. The molecule has 0 aliphatic heterocycles. The van der Waals surface area contributed by atoms with Gasteiger partial charge in [0.05, 0.1) is 11.0 Å². The molecular formula is C54H38N2. The minimum atomic E-state index is 1.09. The first-order chi connectivity index (χ1) is 27.8.